The van der Waals surface area contributed by atoms with Crippen LogP contribution < -0.4 is 0 Å². The van der Waals surface area contributed by atoms with Gasteiger partial charge in [0.25, 0.3) is 0 Å². The van der Waals surface area contributed by atoms with E-state index < -0.39 is 11.5 Å². The van der Waals surface area contributed by atoms with E-state index in [1.807, 2.05) is 64.8 Å². The number of hydrogen-bond acceptors (Lipinski definition) is 4. The normalized spacial score (nSPS) is 22.5. The molecule has 0 saturated heterocycles. The Balaban J connectivity index is 1.80. The number of imidazole rings is 2. The Morgan fingerprint density at radius 3 is 2.92 bits per heavy atom. The molecule has 2 unspecified atom stereocenters. The first-order valence-electron chi connectivity index (χ1n) is 8.11. The topological polar surface area (TPSA) is 77.7 Å². The summed E-state index contributed by atoms with van der Waals surface area (Å²) in [6.45, 7) is 1.99. The van der Waals surface area contributed by atoms with Crippen molar-refractivity contribution in [3.8, 4) is 0 Å². The maximum absolute atomic E-state index is 11.6. The van der Waals surface area contributed by atoms with Crippen molar-refractivity contribution in [1.82, 2.24) is 18.8 Å². The molecule has 0 spiro atoms. The highest BCUT2D eigenvalue weighted by atomic mass is 16.6. The molecule has 25 heavy (non-hydrogen) atoms. The zero-order valence-electron chi connectivity index (χ0n) is 13.5. The second kappa shape index (κ2) is 4.66. The number of pyridine rings is 2. The molecule has 0 N–H and O–H groups in total. The Kier molecular flexibility index (Phi) is 2.64. The van der Waals surface area contributed by atoms with Crippen molar-refractivity contribution in [3.05, 3.63) is 82.2 Å². The molecule has 4 aromatic heterocycles. The van der Waals surface area contributed by atoms with Gasteiger partial charge >= 0.3 is 0 Å². The van der Waals surface area contributed by atoms with Gasteiger partial charge < -0.3 is 8.80 Å². The van der Waals surface area contributed by atoms with Gasteiger partial charge in [0.15, 0.2) is 0 Å². The molecule has 0 aliphatic heterocycles. The van der Waals surface area contributed by atoms with Crippen LogP contribution in [-0.4, -0.2) is 29.7 Å². The summed E-state index contributed by atoms with van der Waals surface area (Å²) >= 11 is 0. The molecule has 0 aromatic carbocycles. The SMILES string of the molecule is Cc1cc(C2(c3cn4ccccc4n3)CC2[N+](=O)[O-])c2nccn2c1. The average Bonchev–Trinajstić information content (AvgIpc) is 2.96. The molecule has 1 fully saturated rings. The number of fused-ring (bicyclic) bond motifs is 2. The van der Waals surface area contributed by atoms with Crippen LogP contribution in [0.4, 0.5) is 0 Å². The molecule has 7 nitrogen and oxygen atoms in total. The molecule has 0 radical (unpaired) electrons. The highest BCUT2D eigenvalue weighted by Gasteiger charge is 2.68. The van der Waals surface area contributed by atoms with E-state index in [0.29, 0.717) is 6.42 Å². The van der Waals surface area contributed by atoms with Crippen LogP contribution in [0.3, 0.4) is 0 Å². The van der Waals surface area contributed by atoms with Gasteiger partial charge in [-0.15, -0.1) is 0 Å². The monoisotopic (exact) mass is 333 g/mol. The third-order valence-corrected chi connectivity index (χ3v) is 5.10. The summed E-state index contributed by atoms with van der Waals surface area (Å²) in [5.74, 6) is 0. The zero-order valence-corrected chi connectivity index (χ0v) is 13.5. The maximum atomic E-state index is 11.6. The lowest BCUT2D eigenvalue weighted by molar-refractivity contribution is -0.498. The van der Waals surface area contributed by atoms with E-state index in [9.17, 15) is 10.1 Å². The largest absolute Gasteiger partial charge is 0.307 e. The van der Waals surface area contributed by atoms with Gasteiger partial charge in [-0.2, -0.15) is 0 Å². The van der Waals surface area contributed by atoms with E-state index in [0.717, 1.165) is 28.1 Å². The lowest BCUT2D eigenvalue weighted by Gasteiger charge is -2.14. The Labute approximate surface area is 142 Å². The van der Waals surface area contributed by atoms with Crippen LogP contribution in [0.15, 0.2) is 55.2 Å². The minimum absolute atomic E-state index is 0.189. The second-order valence-corrected chi connectivity index (χ2v) is 6.66. The molecule has 1 saturated carbocycles. The number of aromatic nitrogens is 4. The molecule has 7 heteroatoms. The minimum Gasteiger partial charge on any atom is -0.307 e. The molecule has 5 rings (SSSR count). The van der Waals surface area contributed by atoms with Gasteiger partial charge in [0, 0.05) is 47.9 Å². The summed E-state index contributed by atoms with van der Waals surface area (Å²) in [7, 11) is 0. The van der Waals surface area contributed by atoms with Gasteiger partial charge in [0.2, 0.25) is 6.04 Å². The van der Waals surface area contributed by atoms with Crippen LogP contribution in [0.25, 0.3) is 11.3 Å². The highest BCUT2D eigenvalue weighted by Crippen LogP contribution is 2.55. The molecule has 1 aliphatic carbocycles. The predicted molar refractivity (Wildman–Crippen MR) is 91.3 cm³/mol. The molecule has 0 amide bonds. The van der Waals surface area contributed by atoms with Gasteiger partial charge in [0.05, 0.1) is 5.69 Å². The molecule has 4 aromatic rings. The quantitative estimate of drug-likeness (QED) is 0.426. The molecular weight excluding hydrogens is 318 g/mol. The average molecular weight is 333 g/mol. The van der Waals surface area contributed by atoms with E-state index in [-0.39, 0.29) is 4.92 Å². The number of nitro groups is 1. The number of rotatable bonds is 3. The maximum Gasteiger partial charge on any atom is 0.230 e. The molecule has 2 atom stereocenters. The Bertz CT molecular complexity index is 1110. The van der Waals surface area contributed by atoms with Gasteiger partial charge in [-0.1, -0.05) is 6.07 Å². The molecule has 124 valence electrons. The Morgan fingerprint density at radius 2 is 2.16 bits per heavy atom. The predicted octanol–water partition coefficient (Wildman–Crippen LogP) is 2.63. The summed E-state index contributed by atoms with van der Waals surface area (Å²) in [6.07, 6.45) is 9.82. The fraction of sp³-hybridized carbons (Fsp3) is 0.222. The van der Waals surface area contributed by atoms with Crippen molar-refractivity contribution in [1.29, 1.82) is 0 Å². The van der Waals surface area contributed by atoms with E-state index in [1.165, 1.54) is 0 Å². The van der Waals surface area contributed by atoms with E-state index in [4.69, 9.17) is 4.98 Å². The van der Waals surface area contributed by atoms with Gasteiger partial charge in [-0.25, -0.2) is 9.97 Å². The fourth-order valence-corrected chi connectivity index (χ4v) is 3.86. The minimum atomic E-state index is -0.728. The van der Waals surface area contributed by atoms with Gasteiger partial charge in [-0.3, -0.25) is 10.1 Å². The third-order valence-electron chi connectivity index (χ3n) is 5.10. The van der Waals surface area contributed by atoms with Crippen molar-refractivity contribution in [2.24, 2.45) is 0 Å². The standard InChI is InChI=1S/C18H15N5O2/c1-12-8-13(17-19-5-7-22(17)10-12)18(9-15(18)23(24)25)14-11-21-6-3-2-4-16(21)20-14/h2-8,10-11,15H,9H2,1H3. The van der Waals surface area contributed by atoms with E-state index in [1.54, 1.807) is 6.20 Å². The molecule has 0 bridgehead atoms. The van der Waals surface area contributed by atoms with Crippen molar-refractivity contribution < 1.29 is 4.92 Å². The fourth-order valence-electron chi connectivity index (χ4n) is 3.86. The van der Waals surface area contributed by atoms with Crippen LogP contribution in [0.2, 0.25) is 0 Å². The van der Waals surface area contributed by atoms with Gasteiger partial charge in [0.1, 0.15) is 16.7 Å². The Morgan fingerprint density at radius 1 is 1.28 bits per heavy atom. The summed E-state index contributed by atoms with van der Waals surface area (Å²) < 4.78 is 3.84. The van der Waals surface area contributed by atoms with Crippen molar-refractivity contribution >= 4 is 11.3 Å². The number of hydrogen-bond donors (Lipinski definition) is 0. The van der Waals surface area contributed by atoms with Crippen LogP contribution in [0.1, 0.15) is 23.2 Å². The summed E-state index contributed by atoms with van der Waals surface area (Å²) in [5, 5.41) is 11.6. The van der Waals surface area contributed by atoms with Crippen molar-refractivity contribution in [3.63, 3.8) is 0 Å². The third kappa shape index (κ3) is 1.86. The highest BCUT2D eigenvalue weighted by molar-refractivity contribution is 5.61. The summed E-state index contributed by atoms with van der Waals surface area (Å²) in [6, 6.07) is 7.07. The van der Waals surface area contributed by atoms with Crippen LogP contribution in [0, 0.1) is 17.0 Å². The molecular formula is C18H15N5O2. The number of nitrogens with zero attached hydrogens (tertiary/aromatic N) is 5. The summed E-state index contributed by atoms with van der Waals surface area (Å²) in [4.78, 5) is 20.6. The first-order chi connectivity index (χ1) is 12.1. The zero-order chi connectivity index (χ0) is 17.2. The first-order valence-corrected chi connectivity index (χ1v) is 8.11. The van der Waals surface area contributed by atoms with Gasteiger partial charge in [-0.05, 0) is 30.7 Å². The second-order valence-electron chi connectivity index (χ2n) is 6.66. The summed E-state index contributed by atoms with van der Waals surface area (Å²) in [5.41, 5.74) is 3.47. The van der Waals surface area contributed by atoms with E-state index >= 15 is 0 Å². The smallest absolute Gasteiger partial charge is 0.230 e. The van der Waals surface area contributed by atoms with Crippen LogP contribution in [0.5, 0.6) is 0 Å². The lowest BCUT2D eigenvalue weighted by Crippen LogP contribution is -2.21. The molecule has 4 heterocycles. The van der Waals surface area contributed by atoms with Crippen molar-refractivity contribution in [2.75, 3.05) is 0 Å². The van der Waals surface area contributed by atoms with E-state index in [2.05, 4.69) is 4.98 Å². The number of aryl methyl sites for hydroxylation is 1. The lowest BCUT2D eigenvalue weighted by atomic mass is 9.91. The van der Waals surface area contributed by atoms with Crippen molar-refractivity contribution in [2.45, 2.75) is 24.8 Å². The van der Waals surface area contributed by atoms with Crippen LogP contribution in [-0.2, 0) is 5.41 Å². The molecule has 1 aliphatic rings. The first kappa shape index (κ1) is 14.2. The Hall–Kier alpha value is -3.22. The van der Waals surface area contributed by atoms with Crippen LogP contribution >= 0.6 is 0 Å².